The molecular formula is C17H26O5S. The first-order chi connectivity index (χ1) is 10.3. The Morgan fingerprint density at radius 3 is 2.17 bits per heavy atom. The lowest BCUT2D eigenvalue weighted by Gasteiger charge is -2.39. The summed E-state index contributed by atoms with van der Waals surface area (Å²) < 4.78 is 40.3. The molecule has 0 saturated heterocycles. The highest BCUT2D eigenvalue weighted by molar-refractivity contribution is 7.86. The van der Waals surface area contributed by atoms with Crippen molar-refractivity contribution in [2.24, 2.45) is 0 Å². The smallest absolute Gasteiger partial charge is 0.265 e. The zero-order valence-electron chi connectivity index (χ0n) is 15.2. The summed E-state index contributed by atoms with van der Waals surface area (Å²) >= 11 is 0. The third-order valence-electron chi connectivity index (χ3n) is 4.99. The lowest BCUT2D eigenvalue weighted by molar-refractivity contribution is -0.0685. The molecule has 2 rings (SSSR count). The number of hydrogen-bond donors (Lipinski definition) is 0. The van der Waals surface area contributed by atoms with Gasteiger partial charge in [0.05, 0.1) is 13.4 Å². The second kappa shape index (κ2) is 5.38. The topological polar surface area (TPSA) is 61.8 Å². The van der Waals surface area contributed by atoms with Gasteiger partial charge in [-0.3, -0.25) is 4.18 Å². The first-order valence-electron chi connectivity index (χ1n) is 7.59. The molecule has 23 heavy (non-hydrogen) atoms. The number of fused-ring (bicyclic) bond motifs is 1. The summed E-state index contributed by atoms with van der Waals surface area (Å²) in [5, 5.41) is 0. The van der Waals surface area contributed by atoms with Crippen LogP contribution in [0.5, 0.6) is 11.5 Å². The van der Waals surface area contributed by atoms with Gasteiger partial charge in [0, 0.05) is 12.0 Å². The van der Waals surface area contributed by atoms with Crippen LogP contribution in [0.2, 0.25) is 0 Å². The molecule has 0 aromatic heterocycles. The summed E-state index contributed by atoms with van der Waals surface area (Å²) in [7, 11) is -1.93. The highest BCUT2D eigenvalue weighted by atomic mass is 32.2. The number of hydrogen-bond acceptors (Lipinski definition) is 5. The lowest BCUT2D eigenvalue weighted by Crippen LogP contribution is -2.54. The summed E-state index contributed by atoms with van der Waals surface area (Å²) in [5.41, 5.74) is 2.35. The highest BCUT2D eigenvalue weighted by Crippen LogP contribution is 2.49. The molecule has 0 radical (unpaired) electrons. The van der Waals surface area contributed by atoms with Crippen molar-refractivity contribution in [1.82, 2.24) is 0 Å². The van der Waals surface area contributed by atoms with E-state index in [9.17, 15) is 8.42 Å². The Labute approximate surface area is 139 Å². The molecule has 1 heterocycles. The molecular weight excluding hydrogens is 316 g/mol. The third kappa shape index (κ3) is 2.94. The van der Waals surface area contributed by atoms with Gasteiger partial charge in [0.25, 0.3) is 10.1 Å². The zero-order chi connectivity index (χ0) is 17.8. The number of methoxy groups -OCH3 is 1. The van der Waals surface area contributed by atoms with E-state index in [2.05, 4.69) is 0 Å². The molecule has 1 atom stereocenters. The Balaban J connectivity index is 2.54. The fraction of sp³-hybridized carbons (Fsp3) is 0.647. The monoisotopic (exact) mass is 342 g/mol. The molecule has 0 spiro atoms. The van der Waals surface area contributed by atoms with Gasteiger partial charge < -0.3 is 9.47 Å². The van der Waals surface area contributed by atoms with Crippen LogP contribution in [0, 0.1) is 20.8 Å². The average Bonchev–Trinajstić information content (AvgIpc) is 2.75. The standard InChI is InChI=1S/C17H26O5S/c1-10-11(2)15-13(12(3)14(10)20-7)9-17(6,21-15)16(4,5)22-23(8,18)19/h9H2,1-8H3. The van der Waals surface area contributed by atoms with E-state index >= 15 is 0 Å². The largest absolute Gasteiger partial charge is 0.496 e. The highest BCUT2D eigenvalue weighted by Gasteiger charge is 2.51. The first-order valence-corrected chi connectivity index (χ1v) is 9.41. The predicted molar refractivity (Wildman–Crippen MR) is 89.9 cm³/mol. The average molecular weight is 342 g/mol. The molecule has 1 aromatic rings. The molecule has 0 amide bonds. The van der Waals surface area contributed by atoms with Gasteiger partial charge in [-0.2, -0.15) is 8.42 Å². The van der Waals surface area contributed by atoms with Crippen LogP contribution < -0.4 is 9.47 Å². The Bertz CT molecular complexity index is 749. The third-order valence-corrected chi connectivity index (χ3v) is 5.71. The minimum absolute atomic E-state index is 0.564. The van der Waals surface area contributed by atoms with Gasteiger partial charge in [-0.25, -0.2) is 0 Å². The van der Waals surface area contributed by atoms with Crippen LogP contribution in [-0.4, -0.2) is 33.0 Å². The van der Waals surface area contributed by atoms with Gasteiger partial charge in [-0.15, -0.1) is 0 Å². The molecule has 130 valence electrons. The maximum absolute atomic E-state index is 11.6. The van der Waals surface area contributed by atoms with Crippen molar-refractivity contribution in [2.45, 2.75) is 59.2 Å². The van der Waals surface area contributed by atoms with Crippen molar-refractivity contribution in [1.29, 1.82) is 0 Å². The van der Waals surface area contributed by atoms with E-state index in [-0.39, 0.29) is 0 Å². The van der Waals surface area contributed by atoms with E-state index in [0.717, 1.165) is 40.0 Å². The maximum atomic E-state index is 11.6. The molecule has 0 bridgehead atoms. The normalized spacial score (nSPS) is 21.0. The summed E-state index contributed by atoms with van der Waals surface area (Å²) in [6.45, 7) is 11.4. The second-order valence-corrected chi connectivity index (χ2v) is 8.60. The van der Waals surface area contributed by atoms with Crippen molar-refractivity contribution in [2.75, 3.05) is 13.4 Å². The molecule has 0 saturated carbocycles. The SMILES string of the molecule is COc1c(C)c(C)c2c(c1C)CC(C)(C(C)(C)OS(C)(=O)=O)O2. The summed E-state index contributed by atoms with van der Waals surface area (Å²) in [6.07, 6.45) is 1.62. The van der Waals surface area contributed by atoms with Crippen molar-refractivity contribution in [3.63, 3.8) is 0 Å². The van der Waals surface area contributed by atoms with Crippen LogP contribution in [0.4, 0.5) is 0 Å². The summed E-state index contributed by atoms with van der Waals surface area (Å²) in [4.78, 5) is 0. The van der Waals surface area contributed by atoms with Crippen LogP contribution in [0.15, 0.2) is 0 Å². The van der Waals surface area contributed by atoms with E-state index in [1.165, 1.54) is 0 Å². The molecule has 1 aliphatic rings. The van der Waals surface area contributed by atoms with E-state index in [4.69, 9.17) is 13.7 Å². The van der Waals surface area contributed by atoms with Gasteiger partial charge in [-0.05, 0) is 58.2 Å². The van der Waals surface area contributed by atoms with Crippen LogP contribution in [0.3, 0.4) is 0 Å². The quantitative estimate of drug-likeness (QED) is 0.787. The lowest BCUT2D eigenvalue weighted by atomic mass is 9.82. The molecule has 1 aromatic carbocycles. The van der Waals surface area contributed by atoms with Gasteiger partial charge in [0.1, 0.15) is 22.7 Å². The Morgan fingerprint density at radius 2 is 1.70 bits per heavy atom. The number of ether oxygens (including phenoxy) is 2. The van der Waals surface area contributed by atoms with E-state index in [1.54, 1.807) is 21.0 Å². The van der Waals surface area contributed by atoms with Crippen molar-refractivity contribution >= 4 is 10.1 Å². The summed E-state index contributed by atoms with van der Waals surface area (Å²) in [5.74, 6) is 1.67. The number of benzene rings is 1. The molecule has 0 fully saturated rings. The Morgan fingerprint density at radius 1 is 1.13 bits per heavy atom. The van der Waals surface area contributed by atoms with Gasteiger partial charge in [0.2, 0.25) is 0 Å². The molecule has 0 aliphatic carbocycles. The van der Waals surface area contributed by atoms with Crippen molar-refractivity contribution in [3.05, 3.63) is 22.3 Å². The van der Waals surface area contributed by atoms with E-state index in [1.807, 2.05) is 27.7 Å². The Hall–Kier alpha value is -1.27. The van der Waals surface area contributed by atoms with Crippen molar-refractivity contribution < 1.29 is 22.1 Å². The van der Waals surface area contributed by atoms with Gasteiger partial charge in [0.15, 0.2) is 0 Å². The fourth-order valence-corrected chi connectivity index (χ4v) is 4.15. The summed E-state index contributed by atoms with van der Waals surface area (Å²) in [6, 6.07) is 0. The minimum atomic E-state index is -3.59. The molecule has 5 nitrogen and oxygen atoms in total. The second-order valence-electron chi connectivity index (χ2n) is 7.02. The predicted octanol–water partition coefficient (Wildman–Crippen LogP) is 3.07. The molecule has 1 aliphatic heterocycles. The first kappa shape index (κ1) is 18.1. The minimum Gasteiger partial charge on any atom is -0.496 e. The number of rotatable bonds is 4. The molecule has 1 unspecified atom stereocenters. The van der Waals surface area contributed by atoms with Crippen LogP contribution in [-0.2, 0) is 20.7 Å². The van der Waals surface area contributed by atoms with E-state index in [0.29, 0.717) is 6.42 Å². The van der Waals surface area contributed by atoms with Crippen LogP contribution in [0.1, 0.15) is 43.0 Å². The Kier molecular flexibility index (Phi) is 4.23. The van der Waals surface area contributed by atoms with Crippen molar-refractivity contribution in [3.8, 4) is 11.5 Å². The fourth-order valence-electron chi connectivity index (χ4n) is 3.21. The van der Waals surface area contributed by atoms with Gasteiger partial charge >= 0.3 is 0 Å². The van der Waals surface area contributed by atoms with E-state index < -0.39 is 21.3 Å². The molecule has 0 N–H and O–H groups in total. The maximum Gasteiger partial charge on any atom is 0.265 e. The van der Waals surface area contributed by atoms with Crippen LogP contribution >= 0.6 is 0 Å². The van der Waals surface area contributed by atoms with Crippen LogP contribution in [0.25, 0.3) is 0 Å². The van der Waals surface area contributed by atoms with Gasteiger partial charge in [-0.1, -0.05) is 0 Å². The molecule has 6 heteroatoms. The zero-order valence-corrected chi connectivity index (χ0v) is 16.0.